The van der Waals surface area contributed by atoms with E-state index in [-0.39, 0.29) is 11.2 Å². The van der Waals surface area contributed by atoms with Gasteiger partial charge in [0, 0.05) is 28.7 Å². The van der Waals surface area contributed by atoms with Gasteiger partial charge < -0.3 is 0 Å². The predicted molar refractivity (Wildman–Crippen MR) is 95.3 cm³/mol. The zero-order valence-corrected chi connectivity index (χ0v) is 14.5. The van der Waals surface area contributed by atoms with Crippen LogP contribution in [0.5, 0.6) is 0 Å². The largest absolute Gasteiger partial charge is 0.212 e. The van der Waals surface area contributed by atoms with Crippen LogP contribution in [0.4, 0.5) is 4.39 Å². The standard InChI is InChI=1S/C22H21FN/c1-14-12-16-18(13-15(14)20-10-5-6-11-24(20)4)22(2,3)17-8-7-9-19(23)21(16)17/h5-13H,1-4H3/q+1. The van der Waals surface area contributed by atoms with E-state index in [0.29, 0.717) is 0 Å². The van der Waals surface area contributed by atoms with E-state index in [9.17, 15) is 4.39 Å². The van der Waals surface area contributed by atoms with Crippen molar-refractivity contribution in [3.63, 3.8) is 0 Å². The van der Waals surface area contributed by atoms with Gasteiger partial charge in [-0.1, -0.05) is 32.0 Å². The van der Waals surface area contributed by atoms with Gasteiger partial charge in [0.2, 0.25) is 5.69 Å². The minimum Gasteiger partial charge on any atom is -0.206 e. The fraction of sp³-hybridized carbons (Fsp3) is 0.227. The first-order chi connectivity index (χ1) is 11.4. The van der Waals surface area contributed by atoms with Crippen LogP contribution in [0.1, 0.15) is 30.5 Å². The first-order valence-corrected chi connectivity index (χ1v) is 8.31. The van der Waals surface area contributed by atoms with Crippen LogP contribution in [0.15, 0.2) is 54.7 Å². The van der Waals surface area contributed by atoms with Gasteiger partial charge in [-0.3, -0.25) is 0 Å². The summed E-state index contributed by atoms with van der Waals surface area (Å²) in [6.45, 7) is 6.47. The molecule has 1 heterocycles. The summed E-state index contributed by atoms with van der Waals surface area (Å²) in [5.74, 6) is -0.128. The highest BCUT2D eigenvalue weighted by Crippen LogP contribution is 2.50. The molecule has 0 spiro atoms. The Bertz CT molecular complexity index is 970. The molecule has 120 valence electrons. The molecule has 3 aromatic rings. The van der Waals surface area contributed by atoms with Crippen LogP contribution in [0.2, 0.25) is 0 Å². The lowest BCUT2D eigenvalue weighted by Gasteiger charge is -2.22. The second kappa shape index (κ2) is 5.01. The van der Waals surface area contributed by atoms with Gasteiger partial charge in [0.15, 0.2) is 6.20 Å². The number of hydrogen-bond acceptors (Lipinski definition) is 0. The lowest BCUT2D eigenvalue weighted by Crippen LogP contribution is -2.30. The third kappa shape index (κ3) is 1.96. The summed E-state index contributed by atoms with van der Waals surface area (Å²) in [5, 5.41) is 0. The summed E-state index contributed by atoms with van der Waals surface area (Å²) in [4.78, 5) is 0. The van der Waals surface area contributed by atoms with Crippen molar-refractivity contribution in [2.75, 3.05) is 0 Å². The molecule has 0 aliphatic heterocycles. The van der Waals surface area contributed by atoms with E-state index in [2.05, 4.69) is 68.9 Å². The Morgan fingerprint density at radius 1 is 0.917 bits per heavy atom. The summed E-state index contributed by atoms with van der Waals surface area (Å²) in [6.07, 6.45) is 2.06. The van der Waals surface area contributed by atoms with E-state index < -0.39 is 0 Å². The van der Waals surface area contributed by atoms with Gasteiger partial charge in [-0.05, 0) is 47.4 Å². The lowest BCUT2D eigenvalue weighted by atomic mass is 9.81. The fourth-order valence-corrected chi connectivity index (χ4v) is 3.97. The molecule has 2 heteroatoms. The third-order valence-electron chi connectivity index (χ3n) is 5.32. The lowest BCUT2D eigenvalue weighted by molar-refractivity contribution is -0.660. The van der Waals surface area contributed by atoms with Crippen molar-refractivity contribution in [1.82, 2.24) is 0 Å². The summed E-state index contributed by atoms with van der Waals surface area (Å²) in [7, 11) is 2.06. The minimum atomic E-state index is -0.192. The molecule has 24 heavy (non-hydrogen) atoms. The highest BCUT2D eigenvalue weighted by molar-refractivity contribution is 5.84. The molecular formula is C22H21FN+. The van der Waals surface area contributed by atoms with Crippen molar-refractivity contribution in [2.45, 2.75) is 26.2 Å². The van der Waals surface area contributed by atoms with Crippen molar-refractivity contribution in [3.8, 4) is 22.4 Å². The van der Waals surface area contributed by atoms with Crippen molar-refractivity contribution in [3.05, 3.63) is 77.2 Å². The molecule has 0 saturated carbocycles. The second-order valence-electron chi connectivity index (χ2n) is 7.20. The van der Waals surface area contributed by atoms with Crippen LogP contribution < -0.4 is 4.57 Å². The number of pyridine rings is 1. The monoisotopic (exact) mass is 318 g/mol. The molecule has 1 aromatic heterocycles. The van der Waals surface area contributed by atoms with E-state index in [1.165, 1.54) is 22.4 Å². The molecule has 0 radical (unpaired) electrons. The van der Waals surface area contributed by atoms with Gasteiger partial charge in [0.1, 0.15) is 12.9 Å². The number of benzene rings is 2. The van der Waals surface area contributed by atoms with Crippen LogP contribution in [-0.4, -0.2) is 0 Å². The molecule has 0 atom stereocenters. The van der Waals surface area contributed by atoms with Crippen molar-refractivity contribution in [2.24, 2.45) is 7.05 Å². The molecule has 1 nitrogen and oxygen atoms in total. The summed E-state index contributed by atoms with van der Waals surface area (Å²) in [5.41, 5.74) is 7.43. The molecule has 1 aliphatic carbocycles. The van der Waals surface area contributed by atoms with Crippen LogP contribution in [0.25, 0.3) is 22.4 Å². The molecule has 0 N–H and O–H groups in total. The summed E-state index contributed by atoms with van der Waals surface area (Å²) >= 11 is 0. The zero-order valence-electron chi connectivity index (χ0n) is 14.5. The Morgan fingerprint density at radius 2 is 1.71 bits per heavy atom. The number of aromatic nitrogens is 1. The van der Waals surface area contributed by atoms with Crippen LogP contribution in [-0.2, 0) is 12.5 Å². The molecule has 0 saturated heterocycles. The molecule has 1 aliphatic rings. The molecule has 0 bridgehead atoms. The van der Waals surface area contributed by atoms with Crippen LogP contribution >= 0.6 is 0 Å². The average Bonchev–Trinajstić information content (AvgIpc) is 2.76. The zero-order chi connectivity index (χ0) is 17.1. The van der Waals surface area contributed by atoms with Gasteiger partial charge in [-0.25, -0.2) is 8.96 Å². The van der Waals surface area contributed by atoms with Crippen molar-refractivity contribution < 1.29 is 8.96 Å². The third-order valence-corrected chi connectivity index (χ3v) is 5.32. The first-order valence-electron chi connectivity index (χ1n) is 8.31. The van der Waals surface area contributed by atoms with Gasteiger partial charge in [0.25, 0.3) is 0 Å². The number of rotatable bonds is 1. The van der Waals surface area contributed by atoms with Gasteiger partial charge in [0.05, 0.1) is 0 Å². The normalized spacial score (nSPS) is 14.4. The van der Waals surface area contributed by atoms with Gasteiger partial charge in [-0.15, -0.1) is 0 Å². The van der Waals surface area contributed by atoms with E-state index in [1.54, 1.807) is 6.07 Å². The Labute approximate surface area is 142 Å². The van der Waals surface area contributed by atoms with Crippen LogP contribution in [0.3, 0.4) is 0 Å². The Balaban J connectivity index is 2.03. The summed E-state index contributed by atoms with van der Waals surface area (Å²) < 4.78 is 16.7. The molecular weight excluding hydrogens is 297 g/mol. The first kappa shape index (κ1) is 15.1. The smallest absolute Gasteiger partial charge is 0.206 e. The number of halogens is 1. The maximum Gasteiger partial charge on any atom is 0.212 e. The Kier molecular flexibility index (Phi) is 3.14. The number of nitrogens with zero attached hydrogens (tertiary/aromatic N) is 1. The number of fused-ring (bicyclic) bond motifs is 3. The van der Waals surface area contributed by atoms with E-state index in [0.717, 1.165) is 16.7 Å². The summed E-state index contributed by atoms with van der Waals surface area (Å²) in [6, 6.07) is 16.0. The molecule has 0 fully saturated rings. The van der Waals surface area contributed by atoms with Crippen molar-refractivity contribution >= 4 is 0 Å². The quantitative estimate of drug-likeness (QED) is 0.560. The maximum absolute atomic E-state index is 14.5. The Hall–Kier alpha value is -2.48. The highest BCUT2D eigenvalue weighted by Gasteiger charge is 2.38. The number of aryl methyl sites for hydroxylation is 2. The minimum absolute atomic E-state index is 0.128. The average molecular weight is 318 g/mol. The maximum atomic E-state index is 14.5. The highest BCUT2D eigenvalue weighted by atomic mass is 19.1. The molecule has 2 aromatic carbocycles. The Morgan fingerprint density at radius 3 is 2.46 bits per heavy atom. The topological polar surface area (TPSA) is 3.88 Å². The van der Waals surface area contributed by atoms with Gasteiger partial charge in [-0.2, -0.15) is 0 Å². The van der Waals surface area contributed by atoms with Crippen LogP contribution in [0, 0.1) is 12.7 Å². The van der Waals surface area contributed by atoms with E-state index in [1.807, 2.05) is 12.1 Å². The number of hydrogen-bond donors (Lipinski definition) is 0. The fourth-order valence-electron chi connectivity index (χ4n) is 3.97. The predicted octanol–water partition coefficient (Wildman–Crippen LogP) is 4.93. The molecule has 0 unspecified atom stereocenters. The molecule has 4 rings (SSSR count). The van der Waals surface area contributed by atoms with Crippen molar-refractivity contribution in [1.29, 1.82) is 0 Å². The molecule has 0 amide bonds. The van der Waals surface area contributed by atoms with E-state index in [4.69, 9.17) is 0 Å². The second-order valence-corrected chi connectivity index (χ2v) is 7.20. The van der Waals surface area contributed by atoms with E-state index >= 15 is 0 Å². The SMILES string of the molecule is Cc1cc2c(cc1-c1cccc[n+]1C)C(C)(C)c1cccc(F)c1-2. The van der Waals surface area contributed by atoms with Gasteiger partial charge >= 0.3 is 0 Å².